The van der Waals surface area contributed by atoms with Crippen molar-refractivity contribution < 1.29 is 13.9 Å². The first-order valence-electron chi connectivity index (χ1n) is 8.70. The third-order valence-electron chi connectivity index (χ3n) is 4.37. The van der Waals surface area contributed by atoms with Crippen LogP contribution >= 0.6 is 38.5 Å². The Labute approximate surface area is 185 Å². The molecule has 0 fully saturated rings. The summed E-state index contributed by atoms with van der Waals surface area (Å²) >= 11 is 5.63. The number of hydrogen-bond acceptors (Lipinski definition) is 4. The van der Waals surface area contributed by atoms with Gasteiger partial charge in [-0.2, -0.15) is 5.10 Å². The molecule has 146 valence electrons. The molecule has 5 nitrogen and oxygen atoms in total. The van der Waals surface area contributed by atoms with Gasteiger partial charge in [-0.1, -0.05) is 29.8 Å². The van der Waals surface area contributed by atoms with E-state index in [4.69, 9.17) is 9.15 Å². The monoisotopic (exact) mass is 554 g/mol. The van der Waals surface area contributed by atoms with Crippen molar-refractivity contribution in [1.29, 1.82) is 0 Å². The van der Waals surface area contributed by atoms with Gasteiger partial charge in [-0.3, -0.25) is 4.79 Å². The van der Waals surface area contributed by atoms with Crippen LogP contribution in [0.1, 0.15) is 47.0 Å². The molecule has 0 spiro atoms. The Morgan fingerprint density at radius 3 is 2.71 bits per heavy atom. The van der Waals surface area contributed by atoms with Crippen LogP contribution in [0.4, 0.5) is 0 Å². The molecule has 1 N–H and O–H groups in total. The molecule has 0 saturated heterocycles. The maximum atomic E-state index is 12.4. The minimum absolute atomic E-state index is 0.220. The lowest BCUT2D eigenvalue weighted by Gasteiger charge is -2.14. The number of ether oxygens (including phenoxy) is 1. The predicted octanol–water partition coefficient (Wildman–Crippen LogP) is 6.00. The van der Waals surface area contributed by atoms with Gasteiger partial charge in [0.1, 0.15) is 11.3 Å². The van der Waals surface area contributed by atoms with Crippen molar-refractivity contribution in [2.75, 3.05) is 7.11 Å². The summed E-state index contributed by atoms with van der Waals surface area (Å²) in [5, 5.41) is 4.97. The second-order valence-corrected chi connectivity index (χ2v) is 8.80. The molecule has 28 heavy (non-hydrogen) atoms. The standard InChI is InChI=1S/C21H20BrIN2O3/c1-11(2)16-7-14(12(3)5-18(16)27-4)10-24-25-21(26)19-8-13-6-15(22)9-17(23)20(13)28-19/h5-11H,1-4H3,(H,25,26)/b24-10-. The summed E-state index contributed by atoms with van der Waals surface area (Å²) in [6.45, 7) is 6.20. The van der Waals surface area contributed by atoms with Crippen molar-refractivity contribution in [3.8, 4) is 5.75 Å². The van der Waals surface area contributed by atoms with Gasteiger partial charge in [0.15, 0.2) is 5.76 Å². The quantitative estimate of drug-likeness (QED) is 0.239. The maximum Gasteiger partial charge on any atom is 0.307 e. The summed E-state index contributed by atoms with van der Waals surface area (Å²) in [7, 11) is 1.67. The number of fused-ring (bicyclic) bond motifs is 1. The number of carbonyl (C=O) groups is 1. The van der Waals surface area contributed by atoms with Crippen LogP contribution in [0.2, 0.25) is 0 Å². The number of nitrogens with one attached hydrogen (secondary N) is 1. The normalized spacial score (nSPS) is 11.5. The second-order valence-electron chi connectivity index (χ2n) is 6.72. The molecular weight excluding hydrogens is 535 g/mol. The Morgan fingerprint density at radius 2 is 2.04 bits per heavy atom. The zero-order valence-corrected chi connectivity index (χ0v) is 19.7. The molecule has 7 heteroatoms. The van der Waals surface area contributed by atoms with Gasteiger partial charge in [0, 0.05) is 9.86 Å². The van der Waals surface area contributed by atoms with Gasteiger partial charge in [-0.15, -0.1) is 0 Å². The first-order valence-corrected chi connectivity index (χ1v) is 10.6. The van der Waals surface area contributed by atoms with Gasteiger partial charge in [0.05, 0.1) is 16.9 Å². The molecule has 1 amide bonds. The third kappa shape index (κ3) is 4.41. The summed E-state index contributed by atoms with van der Waals surface area (Å²) < 4.78 is 13.0. The minimum Gasteiger partial charge on any atom is -0.496 e. The molecule has 0 radical (unpaired) electrons. The molecule has 0 aliphatic carbocycles. The van der Waals surface area contributed by atoms with E-state index < -0.39 is 5.91 Å². The van der Waals surface area contributed by atoms with Gasteiger partial charge in [0.2, 0.25) is 0 Å². The molecule has 1 aromatic heterocycles. The molecular formula is C21H20BrIN2O3. The zero-order valence-electron chi connectivity index (χ0n) is 16.0. The molecule has 3 rings (SSSR count). The summed E-state index contributed by atoms with van der Waals surface area (Å²) in [5.41, 5.74) is 6.26. The number of rotatable bonds is 5. The van der Waals surface area contributed by atoms with Crippen LogP contribution in [-0.4, -0.2) is 19.2 Å². The number of benzene rings is 2. The number of carbonyl (C=O) groups excluding carboxylic acids is 1. The van der Waals surface area contributed by atoms with Crippen molar-refractivity contribution in [3.63, 3.8) is 0 Å². The van der Waals surface area contributed by atoms with E-state index in [1.165, 1.54) is 0 Å². The van der Waals surface area contributed by atoms with E-state index in [2.05, 4.69) is 62.9 Å². The SMILES string of the molecule is COc1cc(C)c(/C=N\NC(=O)c2cc3cc(Br)cc(I)c3o2)cc1C(C)C. The minimum atomic E-state index is -0.394. The van der Waals surface area contributed by atoms with E-state index >= 15 is 0 Å². The first kappa shape index (κ1) is 20.9. The fourth-order valence-corrected chi connectivity index (χ4v) is 4.55. The second kappa shape index (κ2) is 8.65. The van der Waals surface area contributed by atoms with E-state index in [-0.39, 0.29) is 5.76 Å². The first-order chi connectivity index (χ1) is 13.3. The fraction of sp³-hybridized carbons (Fsp3) is 0.238. The summed E-state index contributed by atoms with van der Waals surface area (Å²) in [5.74, 6) is 0.999. The number of nitrogens with zero attached hydrogens (tertiary/aromatic N) is 1. The van der Waals surface area contributed by atoms with E-state index in [0.29, 0.717) is 11.5 Å². The number of halogens is 2. The maximum absolute atomic E-state index is 12.4. The van der Waals surface area contributed by atoms with Gasteiger partial charge in [0.25, 0.3) is 0 Å². The summed E-state index contributed by atoms with van der Waals surface area (Å²) in [4.78, 5) is 12.4. The van der Waals surface area contributed by atoms with Crippen molar-refractivity contribution >= 4 is 61.6 Å². The molecule has 0 atom stereocenters. The molecule has 1 heterocycles. The van der Waals surface area contributed by atoms with Crippen molar-refractivity contribution in [1.82, 2.24) is 5.43 Å². The number of hydrazone groups is 1. The average molecular weight is 555 g/mol. The van der Waals surface area contributed by atoms with Crippen molar-refractivity contribution in [2.24, 2.45) is 5.10 Å². The Hall–Kier alpha value is -1.87. The molecule has 0 unspecified atom stereocenters. The topological polar surface area (TPSA) is 63.8 Å². The van der Waals surface area contributed by atoms with Crippen LogP contribution in [0.15, 0.2) is 44.3 Å². The van der Waals surface area contributed by atoms with Crippen LogP contribution < -0.4 is 10.2 Å². The number of aryl methyl sites for hydroxylation is 1. The zero-order chi connectivity index (χ0) is 20.4. The Kier molecular flexibility index (Phi) is 6.44. The Bertz CT molecular complexity index is 1070. The van der Waals surface area contributed by atoms with Gasteiger partial charge in [-0.25, -0.2) is 5.43 Å². The lowest BCUT2D eigenvalue weighted by molar-refractivity contribution is 0.0929. The van der Waals surface area contributed by atoms with E-state index in [1.807, 2.05) is 31.2 Å². The summed E-state index contributed by atoms with van der Waals surface area (Å²) in [6, 6.07) is 9.58. The summed E-state index contributed by atoms with van der Waals surface area (Å²) in [6.07, 6.45) is 1.64. The largest absolute Gasteiger partial charge is 0.496 e. The molecule has 3 aromatic rings. The van der Waals surface area contributed by atoms with Gasteiger partial charge in [-0.05, 0) is 82.5 Å². The third-order valence-corrected chi connectivity index (χ3v) is 5.63. The smallest absolute Gasteiger partial charge is 0.307 e. The lowest BCUT2D eigenvalue weighted by Crippen LogP contribution is -2.16. The average Bonchev–Trinajstić information content (AvgIpc) is 3.06. The highest BCUT2D eigenvalue weighted by molar-refractivity contribution is 14.1. The highest BCUT2D eigenvalue weighted by Crippen LogP contribution is 2.30. The molecule has 0 bridgehead atoms. The van der Waals surface area contributed by atoms with Gasteiger partial charge >= 0.3 is 5.91 Å². The number of methoxy groups -OCH3 is 1. The number of hydrogen-bond donors (Lipinski definition) is 1. The molecule has 0 aliphatic heterocycles. The highest BCUT2D eigenvalue weighted by atomic mass is 127. The van der Waals surface area contributed by atoms with E-state index in [0.717, 1.165) is 35.9 Å². The van der Waals surface area contributed by atoms with Crippen LogP contribution in [0.5, 0.6) is 5.75 Å². The number of amides is 1. The van der Waals surface area contributed by atoms with Crippen LogP contribution in [0.3, 0.4) is 0 Å². The van der Waals surface area contributed by atoms with Crippen molar-refractivity contribution in [2.45, 2.75) is 26.7 Å². The van der Waals surface area contributed by atoms with E-state index in [1.54, 1.807) is 19.4 Å². The molecule has 2 aromatic carbocycles. The predicted molar refractivity (Wildman–Crippen MR) is 124 cm³/mol. The van der Waals surface area contributed by atoms with Crippen LogP contribution in [-0.2, 0) is 0 Å². The van der Waals surface area contributed by atoms with Crippen LogP contribution in [0, 0.1) is 10.5 Å². The number of furan rings is 1. The molecule has 0 saturated carbocycles. The lowest BCUT2D eigenvalue weighted by atomic mass is 9.97. The van der Waals surface area contributed by atoms with Gasteiger partial charge < -0.3 is 9.15 Å². The highest BCUT2D eigenvalue weighted by Gasteiger charge is 2.14. The Balaban J connectivity index is 1.80. The fourth-order valence-electron chi connectivity index (χ4n) is 2.89. The molecule has 0 aliphatic rings. The van der Waals surface area contributed by atoms with Crippen molar-refractivity contribution in [3.05, 3.63) is 60.8 Å². The van der Waals surface area contributed by atoms with E-state index in [9.17, 15) is 4.79 Å². The Morgan fingerprint density at radius 1 is 1.29 bits per heavy atom. The van der Waals surface area contributed by atoms with Crippen LogP contribution in [0.25, 0.3) is 11.0 Å².